The van der Waals surface area contributed by atoms with Gasteiger partial charge in [-0.1, -0.05) is 129 Å². The minimum Gasteiger partial charge on any atom is -0.479 e. The van der Waals surface area contributed by atoms with Crippen LogP contribution in [-0.4, -0.2) is 45.1 Å². The Balaban J connectivity index is 4.33. The van der Waals surface area contributed by atoms with E-state index < -0.39 is 31.7 Å². The molecule has 0 unspecified atom stereocenters. The Bertz CT molecular complexity index is 729. The van der Waals surface area contributed by atoms with Crippen LogP contribution in [0.4, 0.5) is 0 Å². The fourth-order valence-electron chi connectivity index (χ4n) is 4.39. The summed E-state index contributed by atoms with van der Waals surface area (Å²) < 4.78 is 54.2. The summed E-state index contributed by atoms with van der Waals surface area (Å²) >= 11 is 0. The van der Waals surface area contributed by atoms with Crippen LogP contribution in [0.15, 0.2) is 0 Å². The van der Waals surface area contributed by atoms with Crippen molar-refractivity contribution in [1.82, 2.24) is 9.44 Å². The first-order chi connectivity index (χ1) is 17.5. The number of aliphatic carboxylic acids is 1. The molecule has 0 saturated heterocycles. The van der Waals surface area contributed by atoms with E-state index in [-0.39, 0.29) is 11.5 Å². The SMILES string of the molecule is CCCCCCCCCCCCS(=O)(=O)NC(C)(NS(=O)(=O)CCCCCCCCCCCC)C(=O)O. The van der Waals surface area contributed by atoms with Crippen molar-refractivity contribution in [1.29, 1.82) is 0 Å². The lowest BCUT2D eigenvalue weighted by atomic mass is 10.1. The van der Waals surface area contributed by atoms with Crippen molar-refractivity contribution in [3.8, 4) is 0 Å². The molecule has 0 aliphatic rings. The second-order valence-corrected chi connectivity index (χ2v) is 14.3. The van der Waals surface area contributed by atoms with Crippen LogP contribution in [0.1, 0.15) is 149 Å². The predicted molar refractivity (Wildman–Crippen MR) is 154 cm³/mol. The summed E-state index contributed by atoms with van der Waals surface area (Å²) in [5, 5.41) is 9.60. The zero-order chi connectivity index (χ0) is 28.0. The molecule has 8 nitrogen and oxygen atoms in total. The second kappa shape index (κ2) is 21.2. The molecule has 0 aliphatic carbocycles. The predicted octanol–water partition coefficient (Wildman–Crippen LogP) is 6.47. The van der Waals surface area contributed by atoms with Crippen molar-refractivity contribution in [2.75, 3.05) is 11.5 Å². The Morgan fingerprint density at radius 2 is 0.784 bits per heavy atom. The molecular weight excluding hydrogens is 512 g/mol. The highest BCUT2D eigenvalue weighted by Crippen LogP contribution is 2.14. The van der Waals surface area contributed by atoms with Gasteiger partial charge in [0, 0.05) is 0 Å². The van der Waals surface area contributed by atoms with E-state index in [4.69, 9.17) is 0 Å². The van der Waals surface area contributed by atoms with Crippen LogP contribution in [0.3, 0.4) is 0 Å². The number of hydrogen-bond donors (Lipinski definition) is 3. The first-order valence-corrected chi connectivity index (χ1v) is 18.0. The van der Waals surface area contributed by atoms with Gasteiger partial charge in [-0.15, -0.1) is 0 Å². The van der Waals surface area contributed by atoms with Gasteiger partial charge in [0.25, 0.3) is 0 Å². The van der Waals surface area contributed by atoms with Gasteiger partial charge in [0.15, 0.2) is 5.66 Å². The Morgan fingerprint density at radius 3 is 1.03 bits per heavy atom. The number of hydrogen-bond acceptors (Lipinski definition) is 5. The fraction of sp³-hybridized carbons (Fsp3) is 0.963. The average molecular weight is 569 g/mol. The summed E-state index contributed by atoms with van der Waals surface area (Å²) in [6.07, 6.45) is 21.0. The molecule has 0 aliphatic heterocycles. The molecule has 0 spiro atoms. The maximum Gasteiger partial charge on any atom is 0.340 e. The van der Waals surface area contributed by atoms with Crippen molar-refractivity contribution < 1.29 is 26.7 Å². The zero-order valence-corrected chi connectivity index (χ0v) is 25.5. The third-order valence-corrected chi connectivity index (χ3v) is 9.77. The normalized spacial score (nSPS) is 12.7. The van der Waals surface area contributed by atoms with Crippen LogP contribution in [0, 0.1) is 0 Å². The van der Waals surface area contributed by atoms with Gasteiger partial charge in [-0.25, -0.2) is 21.6 Å². The number of carboxylic acid groups (broad SMARTS) is 1. The van der Waals surface area contributed by atoms with Gasteiger partial charge in [-0.2, -0.15) is 9.44 Å². The Morgan fingerprint density at radius 1 is 0.541 bits per heavy atom. The first-order valence-electron chi connectivity index (χ1n) is 14.7. The van der Waals surface area contributed by atoms with E-state index in [1.807, 2.05) is 0 Å². The highest BCUT2D eigenvalue weighted by atomic mass is 32.2. The summed E-state index contributed by atoms with van der Waals surface area (Å²) in [5.41, 5.74) is -2.31. The van der Waals surface area contributed by atoms with Gasteiger partial charge in [0.2, 0.25) is 20.0 Å². The molecule has 0 atom stereocenters. The molecule has 0 rings (SSSR count). The number of carboxylic acids is 1. The minimum absolute atomic E-state index is 0.230. The Kier molecular flexibility index (Phi) is 20.7. The smallest absolute Gasteiger partial charge is 0.340 e. The number of nitrogens with one attached hydrogen (secondary N) is 2. The van der Waals surface area contributed by atoms with E-state index >= 15 is 0 Å². The summed E-state index contributed by atoms with van der Waals surface area (Å²) in [6, 6.07) is 0. The lowest BCUT2D eigenvalue weighted by Gasteiger charge is -2.27. The third kappa shape index (κ3) is 20.9. The van der Waals surface area contributed by atoms with Gasteiger partial charge in [-0.05, 0) is 19.8 Å². The molecule has 3 N–H and O–H groups in total. The van der Waals surface area contributed by atoms with Crippen LogP contribution in [0.5, 0.6) is 0 Å². The van der Waals surface area contributed by atoms with Crippen molar-refractivity contribution >= 4 is 26.0 Å². The summed E-state index contributed by atoms with van der Waals surface area (Å²) in [6.45, 7) is 5.42. The van der Waals surface area contributed by atoms with Gasteiger partial charge in [0.1, 0.15) is 0 Å². The minimum atomic E-state index is -3.97. The molecule has 0 heterocycles. The molecule has 0 aromatic rings. The summed E-state index contributed by atoms with van der Waals surface area (Å²) in [7, 11) is -7.93. The van der Waals surface area contributed by atoms with Crippen molar-refractivity contribution in [2.45, 2.75) is 155 Å². The van der Waals surface area contributed by atoms with E-state index in [2.05, 4.69) is 23.3 Å². The largest absolute Gasteiger partial charge is 0.479 e. The number of unbranched alkanes of at least 4 members (excludes halogenated alkanes) is 18. The lowest BCUT2D eigenvalue weighted by molar-refractivity contribution is -0.143. The average Bonchev–Trinajstić information content (AvgIpc) is 2.80. The van der Waals surface area contributed by atoms with Crippen molar-refractivity contribution in [2.24, 2.45) is 0 Å². The summed E-state index contributed by atoms with van der Waals surface area (Å²) in [5.74, 6) is -2.04. The molecule has 0 amide bonds. The maximum atomic E-state index is 12.5. The van der Waals surface area contributed by atoms with Crippen LogP contribution in [0.25, 0.3) is 0 Å². The number of carbonyl (C=O) groups is 1. The van der Waals surface area contributed by atoms with Crippen LogP contribution in [0.2, 0.25) is 0 Å². The molecule has 222 valence electrons. The maximum absolute atomic E-state index is 12.5. The fourth-order valence-corrected chi connectivity index (χ4v) is 7.35. The highest BCUT2D eigenvalue weighted by Gasteiger charge is 2.40. The first kappa shape index (κ1) is 36.3. The molecule has 10 heteroatoms. The molecule has 37 heavy (non-hydrogen) atoms. The van der Waals surface area contributed by atoms with Crippen molar-refractivity contribution in [3.05, 3.63) is 0 Å². The zero-order valence-electron chi connectivity index (χ0n) is 23.9. The molecule has 0 radical (unpaired) electrons. The van der Waals surface area contributed by atoms with Crippen molar-refractivity contribution in [3.63, 3.8) is 0 Å². The van der Waals surface area contributed by atoms with E-state index in [0.717, 1.165) is 58.3 Å². The van der Waals surface area contributed by atoms with E-state index in [1.165, 1.54) is 64.2 Å². The van der Waals surface area contributed by atoms with Gasteiger partial charge in [0.05, 0.1) is 11.5 Å². The van der Waals surface area contributed by atoms with Gasteiger partial charge < -0.3 is 5.11 Å². The molecular formula is C27H56N2O6S2. The Hall–Kier alpha value is -0.710. The lowest BCUT2D eigenvalue weighted by Crippen LogP contribution is -2.63. The second-order valence-electron chi connectivity index (χ2n) is 10.6. The van der Waals surface area contributed by atoms with Crippen LogP contribution >= 0.6 is 0 Å². The Labute approximate surface area is 228 Å². The van der Waals surface area contributed by atoms with E-state index in [0.29, 0.717) is 12.8 Å². The molecule has 0 saturated carbocycles. The van der Waals surface area contributed by atoms with E-state index in [1.54, 1.807) is 0 Å². The molecule has 0 aromatic heterocycles. The van der Waals surface area contributed by atoms with Crippen LogP contribution < -0.4 is 9.44 Å². The summed E-state index contributed by atoms with van der Waals surface area (Å²) in [4.78, 5) is 11.8. The third-order valence-electron chi connectivity index (χ3n) is 6.68. The standard InChI is InChI=1S/C27H56N2O6S2/c1-4-6-8-10-12-14-16-18-20-22-24-36(32,33)28-27(3,26(30)31)29-37(34,35)25-23-21-19-17-15-13-11-9-7-5-2/h28-29H,4-25H2,1-3H3,(H,30,31). The quantitative estimate of drug-likeness (QED) is 0.0769. The highest BCUT2D eigenvalue weighted by molar-refractivity contribution is 7.90. The van der Waals surface area contributed by atoms with Gasteiger partial charge in [-0.3, -0.25) is 0 Å². The number of sulfonamides is 2. The van der Waals surface area contributed by atoms with Crippen LogP contribution in [-0.2, 0) is 24.8 Å². The monoisotopic (exact) mass is 568 g/mol. The molecule has 0 aromatic carbocycles. The topological polar surface area (TPSA) is 130 Å². The molecule has 0 fully saturated rings. The molecule has 0 bridgehead atoms. The number of rotatable bonds is 27. The van der Waals surface area contributed by atoms with Gasteiger partial charge >= 0.3 is 5.97 Å². The van der Waals surface area contributed by atoms with E-state index in [9.17, 15) is 26.7 Å².